The van der Waals surface area contributed by atoms with Crippen molar-refractivity contribution in [3.05, 3.63) is 20.8 Å². The first kappa shape index (κ1) is 11.6. The monoisotopic (exact) mass is 287 g/mol. The van der Waals surface area contributed by atoms with E-state index in [1.807, 2.05) is 11.3 Å². The third-order valence-corrected chi connectivity index (χ3v) is 5.18. The van der Waals surface area contributed by atoms with E-state index in [4.69, 9.17) is 0 Å². The third-order valence-electron chi connectivity index (χ3n) is 3.25. The van der Waals surface area contributed by atoms with Crippen LogP contribution in [0.25, 0.3) is 0 Å². The van der Waals surface area contributed by atoms with Gasteiger partial charge in [-0.2, -0.15) is 0 Å². The minimum atomic E-state index is 0.391. The largest absolute Gasteiger partial charge is 0.311 e. The van der Waals surface area contributed by atoms with E-state index in [9.17, 15) is 0 Å². The molecule has 2 rings (SSSR count). The number of thiophene rings is 1. The van der Waals surface area contributed by atoms with Crippen LogP contribution in [0.5, 0.6) is 0 Å². The SMILES string of the molecule is CCCC1(Cc2sccc2Br)CCCN1. The van der Waals surface area contributed by atoms with E-state index >= 15 is 0 Å². The zero-order valence-electron chi connectivity index (χ0n) is 9.18. The second kappa shape index (κ2) is 4.98. The molecule has 1 atom stereocenters. The lowest BCUT2D eigenvalue weighted by Crippen LogP contribution is -2.41. The fourth-order valence-corrected chi connectivity index (χ4v) is 4.19. The zero-order valence-corrected chi connectivity index (χ0v) is 11.6. The molecule has 0 spiro atoms. The van der Waals surface area contributed by atoms with Crippen molar-refractivity contribution in [1.29, 1.82) is 0 Å². The Morgan fingerprint density at radius 1 is 1.60 bits per heavy atom. The lowest BCUT2D eigenvalue weighted by atomic mass is 9.88. The molecular weight excluding hydrogens is 270 g/mol. The van der Waals surface area contributed by atoms with Gasteiger partial charge in [0.2, 0.25) is 0 Å². The van der Waals surface area contributed by atoms with Crippen molar-refractivity contribution < 1.29 is 0 Å². The predicted molar refractivity (Wildman–Crippen MR) is 70.6 cm³/mol. The topological polar surface area (TPSA) is 12.0 Å². The van der Waals surface area contributed by atoms with Gasteiger partial charge >= 0.3 is 0 Å². The predicted octanol–water partition coefficient (Wildman–Crippen LogP) is 3.98. The molecule has 0 radical (unpaired) electrons. The Hall–Kier alpha value is 0.140. The van der Waals surface area contributed by atoms with E-state index in [2.05, 4.69) is 39.6 Å². The fourth-order valence-electron chi connectivity index (χ4n) is 2.56. The van der Waals surface area contributed by atoms with Crippen molar-refractivity contribution >= 4 is 27.3 Å². The van der Waals surface area contributed by atoms with Crippen molar-refractivity contribution in [3.63, 3.8) is 0 Å². The molecule has 0 aromatic carbocycles. The lowest BCUT2D eigenvalue weighted by molar-refractivity contribution is 0.343. The molecule has 1 unspecified atom stereocenters. The molecule has 1 fully saturated rings. The quantitative estimate of drug-likeness (QED) is 0.883. The molecule has 1 aromatic rings. The highest BCUT2D eigenvalue weighted by molar-refractivity contribution is 9.10. The Morgan fingerprint density at radius 3 is 3.00 bits per heavy atom. The van der Waals surface area contributed by atoms with Crippen LogP contribution in [0.3, 0.4) is 0 Å². The Morgan fingerprint density at radius 2 is 2.47 bits per heavy atom. The minimum absolute atomic E-state index is 0.391. The molecule has 15 heavy (non-hydrogen) atoms. The first-order valence-corrected chi connectivity index (χ1v) is 7.40. The molecule has 0 bridgehead atoms. The number of rotatable bonds is 4. The Bertz CT molecular complexity index is 315. The summed E-state index contributed by atoms with van der Waals surface area (Å²) < 4.78 is 1.29. The van der Waals surface area contributed by atoms with Gasteiger partial charge in [0.1, 0.15) is 0 Å². The molecule has 3 heteroatoms. The summed E-state index contributed by atoms with van der Waals surface area (Å²) in [4.78, 5) is 1.50. The normalized spacial score (nSPS) is 26.0. The molecule has 84 valence electrons. The van der Waals surface area contributed by atoms with Crippen molar-refractivity contribution in [1.82, 2.24) is 5.32 Å². The first-order chi connectivity index (χ1) is 7.26. The summed E-state index contributed by atoms with van der Waals surface area (Å²) in [5.41, 5.74) is 0.391. The number of hydrogen-bond acceptors (Lipinski definition) is 2. The average Bonchev–Trinajstić information content (AvgIpc) is 2.79. The van der Waals surface area contributed by atoms with Gasteiger partial charge in [0.15, 0.2) is 0 Å². The Kier molecular flexibility index (Phi) is 3.86. The van der Waals surface area contributed by atoms with Gasteiger partial charge < -0.3 is 5.32 Å². The van der Waals surface area contributed by atoms with Crippen LogP contribution in [0, 0.1) is 0 Å². The molecule has 1 aromatic heterocycles. The van der Waals surface area contributed by atoms with Crippen LogP contribution < -0.4 is 5.32 Å². The van der Waals surface area contributed by atoms with Crippen molar-refractivity contribution in [2.75, 3.05) is 6.54 Å². The van der Waals surface area contributed by atoms with Crippen molar-refractivity contribution in [3.8, 4) is 0 Å². The van der Waals surface area contributed by atoms with Gasteiger partial charge in [-0.05, 0) is 53.2 Å². The second-order valence-electron chi connectivity index (χ2n) is 4.43. The lowest BCUT2D eigenvalue weighted by Gasteiger charge is -2.29. The summed E-state index contributed by atoms with van der Waals surface area (Å²) in [5, 5.41) is 5.90. The average molecular weight is 288 g/mol. The molecule has 1 aliphatic rings. The van der Waals surface area contributed by atoms with E-state index in [0.717, 1.165) is 0 Å². The first-order valence-electron chi connectivity index (χ1n) is 5.73. The molecule has 1 N–H and O–H groups in total. The Labute approximate surface area is 104 Å². The number of nitrogens with one attached hydrogen (secondary N) is 1. The highest BCUT2D eigenvalue weighted by atomic mass is 79.9. The van der Waals surface area contributed by atoms with Crippen LogP contribution in [0.2, 0.25) is 0 Å². The zero-order chi connectivity index (χ0) is 10.7. The third kappa shape index (κ3) is 2.63. The maximum atomic E-state index is 3.72. The van der Waals surface area contributed by atoms with Crippen molar-refractivity contribution in [2.45, 2.75) is 44.6 Å². The molecular formula is C12H18BrNS. The summed E-state index contributed by atoms with van der Waals surface area (Å²) in [5.74, 6) is 0. The van der Waals surface area contributed by atoms with Crippen LogP contribution in [-0.4, -0.2) is 12.1 Å². The van der Waals surface area contributed by atoms with Gasteiger partial charge in [-0.25, -0.2) is 0 Å². The smallest absolute Gasteiger partial charge is 0.0315 e. The standard InChI is InChI=1S/C12H18BrNS/c1-2-5-12(6-3-7-14-12)9-11-10(13)4-8-15-11/h4,8,14H,2-3,5-7,9H2,1H3. The van der Waals surface area contributed by atoms with E-state index in [1.54, 1.807) is 0 Å². The van der Waals surface area contributed by atoms with Crippen LogP contribution >= 0.6 is 27.3 Å². The highest BCUT2D eigenvalue weighted by Crippen LogP contribution is 2.33. The molecule has 1 aliphatic heterocycles. The van der Waals surface area contributed by atoms with Gasteiger partial charge in [0.25, 0.3) is 0 Å². The summed E-state index contributed by atoms with van der Waals surface area (Å²) in [7, 11) is 0. The number of hydrogen-bond donors (Lipinski definition) is 1. The minimum Gasteiger partial charge on any atom is -0.311 e. The molecule has 1 saturated heterocycles. The Balaban J connectivity index is 2.10. The van der Waals surface area contributed by atoms with Gasteiger partial charge in [0.05, 0.1) is 0 Å². The maximum Gasteiger partial charge on any atom is 0.0315 e. The van der Waals surface area contributed by atoms with Crippen LogP contribution in [-0.2, 0) is 6.42 Å². The summed E-state index contributed by atoms with van der Waals surface area (Å²) in [6.45, 7) is 3.48. The second-order valence-corrected chi connectivity index (χ2v) is 6.28. The molecule has 0 aliphatic carbocycles. The van der Waals surface area contributed by atoms with Gasteiger partial charge in [-0.3, -0.25) is 0 Å². The molecule has 0 amide bonds. The molecule has 1 nitrogen and oxygen atoms in total. The van der Waals surface area contributed by atoms with E-state index in [1.165, 1.54) is 48.0 Å². The van der Waals surface area contributed by atoms with Gasteiger partial charge in [-0.15, -0.1) is 11.3 Å². The van der Waals surface area contributed by atoms with E-state index in [-0.39, 0.29) is 0 Å². The highest BCUT2D eigenvalue weighted by Gasteiger charge is 2.33. The van der Waals surface area contributed by atoms with Crippen molar-refractivity contribution in [2.24, 2.45) is 0 Å². The molecule has 0 saturated carbocycles. The van der Waals surface area contributed by atoms with Crippen LogP contribution in [0.1, 0.15) is 37.5 Å². The van der Waals surface area contributed by atoms with E-state index in [0.29, 0.717) is 5.54 Å². The number of halogens is 1. The van der Waals surface area contributed by atoms with Crippen LogP contribution in [0.15, 0.2) is 15.9 Å². The van der Waals surface area contributed by atoms with Gasteiger partial charge in [0, 0.05) is 21.3 Å². The fraction of sp³-hybridized carbons (Fsp3) is 0.667. The molecule has 2 heterocycles. The maximum absolute atomic E-state index is 3.72. The van der Waals surface area contributed by atoms with Gasteiger partial charge in [-0.1, -0.05) is 13.3 Å². The summed E-state index contributed by atoms with van der Waals surface area (Å²) in [6, 6.07) is 2.16. The summed E-state index contributed by atoms with van der Waals surface area (Å²) >= 11 is 5.51. The van der Waals surface area contributed by atoms with E-state index < -0.39 is 0 Å². The summed E-state index contributed by atoms with van der Waals surface area (Å²) in [6.07, 6.45) is 6.45. The van der Waals surface area contributed by atoms with Crippen LogP contribution in [0.4, 0.5) is 0 Å².